The molecule has 7 heteroatoms. The number of nitrogens with one attached hydrogen (secondary N) is 2. The molecule has 1 amide bonds. The van der Waals surface area contributed by atoms with Crippen LogP contribution in [0.15, 0.2) is 41.9 Å². The zero-order valence-corrected chi connectivity index (χ0v) is 14.8. The van der Waals surface area contributed by atoms with E-state index in [2.05, 4.69) is 26.7 Å². The lowest BCUT2D eigenvalue weighted by molar-refractivity contribution is -0.116. The molecule has 0 aliphatic carbocycles. The molecule has 1 aromatic carbocycles. The van der Waals surface area contributed by atoms with Gasteiger partial charge in [0.2, 0.25) is 5.91 Å². The van der Waals surface area contributed by atoms with Crippen LogP contribution in [-0.2, 0) is 11.2 Å². The Hall–Kier alpha value is -2.44. The van der Waals surface area contributed by atoms with Gasteiger partial charge in [0, 0.05) is 23.1 Å². The van der Waals surface area contributed by atoms with Crippen LogP contribution in [0.25, 0.3) is 11.3 Å². The van der Waals surface area contributed by atoms with E-state index in [0.717, 1.165) is 46.2 Å². The van der Waals surface area contributed by atoms with Crippen LogP contribution in [0.3, 0.4) is 0 Å². The van der Waals surface area contributed by atoms with Gasteiger partial charge in [-0.3, -0.25) is 4.79 Å². The van der Waals surface area contributed by atoms with Gasteiger partial charge in [0.25, 0.3) is 0 Å². The lowest BCUT2D eigenvalue weighted by atomic mass is 10.0. The van der Waals surface area contributed by atoms with Gasteiger partial charge in [0.05, 0.1) is 17.6 Å². The van der Waals surface area contributed by atoms with Crippen LogP contribution in [0.4, 0.5) is 16.5 Å². The van der Waals surface area contributed by atoms with Crippen molar-refractivity contribution < 1.29 is 4.79 Å². The van der Waals surface area contributed by atoms with E-state index in [1.54, 1.807) is 12.3 Å². The summed E-state index contributed by atoms with van der Waals surface area (Å²) in [5, 5.41) is 9.46. The Bertz CT molecular complexity index is 923. The number of hydrogen-bond acceptors (Lipinski definition) is 5. The van der Waals surface area contributed by atoms with Gasteiger partial charge in [-0.15, -0.1) is 11.3 Å². The van der Waals surface area contributed by atoms with Crippen LogP contribution >= 0.6 is 22.9 Å². The van der Waals surface area contributed by atoms with Crippen molar-refractivity contribution >= 4 is 45.4 Å². The first-order valence-electron chi connectivity index (χ1n) is 7.95. The van der Waals surface area contributed by atoms with Gasteiger partial charge in [0.1, 0.15) is 5.15 Å². The molecule has 4 rings (SSSR count). The van der Waals surface area contributed by atoms with Gasteiger partial charge < -0.3 is 10.6 Å². The smallest absolute Gasteiger partial charge is 0.224 e. The first-order chi connectivity index (χ1) is 12.2. The quantitative estimate of drug-likeness (QED) is 0.645. The van der Waals surface area contributed by atoms with E-state index >= 15 is 0 Å². The largest absolute Gasteiger partial charge is 0.330 e. The number of thiazole rings is 1. The number of benzene rings is 1. The van der Waals surface area contributed by atoms with Crippen molar-refractivity contribution in [1.82, 2.24) is 9.97 Å². The van der Waals surface area contributed by atoms with Crippen LogP contribution in [0, 0.1) is 0 Å². The number of carbonyl (C=O) groups is 1. The number of amides is 1. The van der Waals surface area contributed by atoms with Crippen molar-refractivity contribution in [3.05, 3.63) is 52.6 Å². The number of anilines is 3. The Kier molecular flexibility index (Phi) is 4.38. The van der Waals surface area contributed by atoms with E-state index < -0.39 is 0 Å². The van der Waals surface area contributed by atoms with E-state index in [0.29, 0.717) is 11.6 Å². The maximum Gasteiger partial charge on any atom is 0.224 e. The molecule has 3 aromatic rings. The summed E-state index contributed by atoms with van der Waals surface area (Å²) in [6, 6.07) is 9.67. The zero-order chi connectivity index (χ0) is 17.2. The fraction of sp³-hybridized carbons (Fsp3) is 0.167. The van der Waals surface area contributed by atoms with Crippen LogP contribution in [0.1, 0.15) is 18.4 Å². The molecule has 0 unspecified atom stereocenters. The summed E-state index contributed by atoms with van der Waals surface area (Å²) < 4.78 is 0. The van der Waals surface area contributed by atoms with Gasteiger partial charge >= 0.3 is 0 Å². The lowest BCUT2D eigenvalue weighted by Crippen LogP contribution is -2.09. The molecule has 0 saturated carbocycles. The Morgan fingerprint density at radius 2 is 2.12 bits per heavy atom. The maximum atomic E-state index is 11.7. The molecule has 0 bridgehead atoms. The SMILES string of the molecule is O=C1CCCc2cc(-c3csc(Nc4ccc(Cl)nc4)n3)ccc2N1. The summed E-state index contributed by atoms with van der Waals surface area (Å²) in [7, 11) is 0. The first-order valence-corrected chi connectivity index (χ1v) is 9.20. The number of nitrogens with zero attached hydrogens (tertiary/aromatic N) is 2. The molecule has 5 nitrogen and oxygen atoms in total. The Labute approximate surface area is 154 Å². The normalized spacial score (nSPS) is 13.7. The average Bonchev–Trinajstić information content (AvgIpc) is 2.98. The number of aromatic nitrogens is 2. The standard InChI is InChI=1S/C18H15ClN4OS/c19-16-7-5-13(9-20-16)21-18-23-15(10-25-18)12-4-6-14-11(8-12)2-1-3-17(24)22-14/h4-10H,1-3H2,(H,21,23)(H,22,24). The zero-order valence-electron chi connectivity index (χ0n) is 13.3. The minimum atomic E-state index is 0.0863. The summed E-state index contributed by atoms with van der Waals surface area (Å²) in [6.07, 6.45) is 4.02. The second-order valence-corrected chi connectivity index (χ2v) is 7.05. The van der Waals surface area contributed by atoms with Crippen molar-refractivity contribution in [3.63, 3.8) is 0 Å². The van der Waals surface area contributed by atoms with Crippen molar-refractivity contribution in [1.29, 1.82) is 0 Å². The van der Waals surface area contributed by atoms with Crippen LogP contribution < -0.4 is 10.6 Å². The van der Waals surface area contributed by atoms with Gasteiger partial charge in [-0.2, -0.15) is 0 Å². The third kappa shape index (κ3) is 3.65. The summed E-state index contributed by atoms with van der Waals surface area (Å²) in [5.41, 5.74) is 4.87. The minimum Gasteiger partial charge on any atom is -0.330 e. The highest BCUT2D eigenvalue weighted by atomic mass is 35.5. The second-order valence-electron chi connectivity index (χ2n) is 5.81. The fourth-order valence-electron chi connectivity index (χ4n) is 2.77. The number of fused-ring (bicyclic) bond motifs is 1. The monoisotopic (exact) mass is 370 g/mol. The first kappa shape index (κ1) is 16.1. The number of halogens is 1. The van der Waals surface area contributed by atoms with Gasteiger partial charge in [-0.25, -0.2) is 9.97 Å². The third-order valence-corrected chi connectivity index (χ3v) is 4.99. The molecule has 126 valence electrons. The van der Waals surface area contributed by atoms with Crippen LogP contribution in [0.5, 0.6) is 0 Å². The molecule has 0 atom stereocenters. The Morgan fingerprint density at radius 3 is 2.96 bits per heavy atom. The lowest BCUT2D eigenvalue weighted by Gasteiger charge is -2.08. The number of aryl methyl sites for hydroxylation is 1. The molecule has 0 fully saturated rings. The van der Waals surface area contributed by atoms with Gasteiger partial charge in [-0.1, -0.05) is 17.7 Å². The van der Waals surface area contributed by atoms with Crippen molar-refractivity contribution in [2.24, 2.45) is 0 Å². The molecule has 3 heterocycles. The Morgan fingerprint density at radius 1 is 1.20 bits per heavy atom. The minimum absolute atomic E-state index is 0.0863. The number of rotatable bonds is 3. The molecule has 0 radical (unpaired) electrons. The second kappa shape index (κ2) is 6.82. The highest BCUT2D eigenvalue weighted by Gasteiger charge is 2.14. The molecule has 25 heavy (non-hydrogen) atoms. The highest BCUT2D eigenvalue weighted by Crippen LogP contribution is 2.31. The summed E-state index contributed by atoms with van der Waals surface area (Å²) in [5.74, 6) is 0.0863. The van der Waals surface area contributed by atoms with E-state index in [1.807, 2.05) is 23.6 Å². The molecule has 2 N–H and O–H groups in total. The fourth-order valence-corrected chi connectivity index (χ4v) is 3.62. The van der Waals surface area contributed by atoms with E-state index in [1.165, 1.54) is 11.3 Å². The Balaban J connectivity index is 1.56. The third-order valence-electron chi connectivity index (χ3n) is 4.01. The number of carbonyl (C=O) groups excluding carboxylic acids is 1. The molecule has 1 aliphatic heterocycles. The molecular formula is C18H15ClN4OS. The average molecular weight is 371 g/mol. The van der Waals surface area contributed by atoms with E-state index in [9.17, 15) is 4.79 Å². The van der Waals surface area contributed by atoms with Gasteiger partial charge in [-0.05, 0) is 42.7 Å². The van der Waals surface area contributed by atoms with Crippen molar-refractivity contribution in [3.8, 4) is 11.3 Å². The molecule has 1 aliphatic rings. The summed E-state index contributed by atoms with van der Waals surface area (Å²) in [4.78, 5) is 20.3. The topological polar surface area (TPSA) is 66.9 Å². The molecular weight excluding hydrogens is 356 g/mol. The number of pyridine rings is 1. The predicted molar refractivity (Wildman–Crippen MR) is 102 cm³/mol. The predicted octanol–water partition coefficient (Wildman–Crippen LogP) is 4.88. The van der Waals surface area contributed by atoms with Crippen LogP contribution in [-0.4, -0.2) is 15.9 Å². The van der Waals surface area contributed by atoms with Crippen molar-refractivity contribution in [2.75, 3.05) is 10.6 Å². The molecule has 0 saturated heterocycles. The molecule has 0 spiro atoms. The number of hydrogen-bond donors (Lipinski definition) is 2. The van der Waals surface area contributed by atoms with Crippen molar-refractivity contribution in [2.45, 2.75) is 19.3 Å². The maximum absolute atomic E-state index is 11.7. The molecule has 2 aromatic heterocycles. The van der Waals surface area contributed by atoms with E-state index in [4.69, 9.17) is 11.6 Å². The van der Waals surface area contributed by atoms with Gasteiger partial charge in [0.15, 0.2) is 5.13 Å². The van der Waals surface area contributed by atoms with E-state index in [-0.39, 0.29) is 5.91 Å². The van der Waals surface area contributed by atoms with Crippen LogP contribution in [0.2, 0.25) is 5.15 Å². The summed E-state index contributed by atoms with van der Waals surface area (Å²) >= 11 is 7.33. The summed E-state index contributed by atoms with van der Waals surface area (Å²) in [6.45, 7) is 0. The highest BCUT2D eigenvalue weighted by molar-refractivity contribution is 7.14.